The van der Waals surface area contributed by atoms with Gasteiger partial charge in [-0.3, -0.25) is 9.69 Å². The van der Waals surface area contributed by atoms with Crippen LogP contribution < -0.4 is 14.8 Å². The van der Waals surface area contributed by atoms with Gasteiger partial charge in [0.05, 0.1) is 20.3 Å². The zero-order valence-corrected chi connectivity index (χ0v) is 16.5. The van der Waals surface area contributed by atoms with Crippen LogP contribution in [0.15, 0.2) is 24.3 Å². The van der Waals surface area contributed by atoms with Crippen molar-refractivity contribution in [2.75, 3.05) is 40.0 Å². The van der Waals surface area contributed by atoms with E-state index in [9.17, 15) is 13.6 Å². The summed E-state index contributed by atoms with van der Waals surface area (Å²) in [5, 5.41) is 2.93. The number of alkyl halides is 2. The molecule has 1 atom stereocenters. The van der Waals surface area contributed by atoms with E-state index in [0.29, 0.717) is 31.2 Å². The van der Waals surface area contributed by atoms with Gasteiger partial charge < -0.3 is 19.5 Å². The summed E-state index contributed by atoms with van der Waals surface area (Å²) in [7, 11) is 1.37. The predicted octanol–water partition coefficient (Wildman–Crippen LogP) is 2.78. The minimum Gasteiger partial charge on any atom is -0.493 e. The Morgan fingerprint density at radius 3 is 2.61 bits per heavy atom. The number of hydrogen-bond acceptors (Lipinski definition) is 5. The van der Waals surface area contributed by atoms with E-state index in [2.05, 4.69) is 28.8 Å². The molecule has 1 fully saturated rings. The molecular formula is C20H28F2N2O4. The van der Waals surface area contributed by atoms with Gasteiger partial charge in [0.1, 0.15) is 0 Å². The molecule has 156 valence electrons. The highest BCUT2D eigenvalue weighted by Crippen LogP contribution is 2.29. The lowest BCUT2D eigenvalue weighted by Crippen LogP contribution is -2.51. The first-order valence-electron chi connectivity index (χ1n) is 9.31. The van der Waals surface area contributed by atoms with Crippen LogP contribution in [0.25, 0.3) is 6.08 Å². The largest absolute Gasteiger partial charge is 0.493 e. The van der Waals surface area contributed by atoms with E-state index in [1.165, 1.54) is 25.3 Å². The highest BCUT2D eigenvalue weighted by atomic mass is 19.3. The van der Waals surface area contributed by atoms with Crippen LogP contribution in [0.4, 0.5) is 8.78 Å². The molecule has 0 spiro atoms. The van der Waals surface area contributed by atoms with Crippen LogP contribution in [0, 0.1) is 5.92 Å². The zero-order valence-electron chi connectivity index (χ0n) is 16.5. The maximum atomic E-state index is 12.4. The van der Waals surface area contributed by atoms with Gasteiger partial charge in [-0.2, -0.15) is 8.78 Å². The first-order chi connectivity index (χ1) is 13.4. The van der Waals surface area contributed by atoms with Crippen molar-refractivity contribution in [3.63, 3.8) is 0 Å². The van der Waals surface area contributed by atoms with Crippen LogP contribution in [0.5, 0.6) is 11.5 Å². The van der Waals surface area contributed by atoms with E-state index < -0.39 is 6.61 Å². The lowest BCUT2D eigenvalue weighted by Gasteiger charge is -2.36. The van der Waals surface area contributed by atoms with Gasteiger partial charge in [-0.1, -0.05) is 19.9 Å². The first kappa shape index (κ1) is 22.1. The molecule has 1 amide bonds. The summed E-state index contributed by atoms with van der Waals surface area (Å²) < 4.78 is 39.6. The molecule has 1 saturated heterocycles. The summed E-state index contributed by atoms with van der Waals surface area (Å²) >= 11 is 0. The molecule has 1 heterocycles. The van der Waals surface area contributed by atoms with Crippen molar-refractivity contribution in [3.8, 4) is 11.5 Å². The number of carbonyl (C=O) groups is 1. The van der Waals surface area contributed by atoms with Gasteiger partial charge >= 0.3 is 6.61 Å². The van der Waals surface area contributed by atoms with E-state index in [1.54, 1.807) is 12.1 Å². The standard InChI is InChI=1S/C20H28F2N2O4/c1-14(2)16(24-8-10-27-11-9-24)13-23-19(25)7-5-15-4-6-17(28-20(21)22)18(12-15)26-3/h4-7,12,14,16,20H,8-11,13H2,1-3H3,(H,23,25)/b7-5+. The number of ether oxygens (including phenoxy) is 3. The molecule has 1 aromatic carbocycles. The lowest BCUT2D eigenvalue weighted by atomic mass is 10.0. The molecule has 0 bridgehead atoms. The van der Waals surface area contributed by atoms with Crippen LogP contribution in [-0.4, -0.2) is 63.4 Å². The second-order valence-electron chi connectivity index (χ2n) is 6.83. The third-order valence-electron chi connectivity index (χ3n) is 4.60. The van der Waals surface area contributed by atoms with Crippen molar-refractivity contribution in [3.05, 3.63) is 29.8 Å². The van der Waals surface area contributed by atoms with Crippen LogP contribution in [-0.2, 0) is 9.53 Å². The Morgan fingerprint density at radius 1 is 1.29 bits per heavy atom. The van der Waals surface area contributed by atoms with Crippen LogP contribution >= 0.6 is 0 Å². The highest BCUT2D eigenvalue weighted by molar-refractivity contribution is 5.91. The first-order valence-corrected chi connectivity index (χ1v) is 9.31. The molecule has 0 aliphatic carbocycles. The average molecular weight is 398 g/mol. The maximum absolute atomic E-state index is 12.4. The molecule has 0 saturated carbocycles. The number of benzene rings is 1. The Hall–Kier alpha value is -2.19. The van der Waals surface area contributed by atoms with E-state index in [1.807, 2.05) is 0 Å². The van der Waals surface area contributed by atoms with Crippen LogP contribution in [0.2, 0.25) is 0 Å². The van der Waals surface area contributed by atoms with Crippen LogP contribution in [0.1, 0.15) is 19.4 Å². The van der Waals surface area contributed by atoms with E-state index in [0.717, 1.165) is 13.1 Å². The van der Waals surface area contributed by atoms with Crippen molar-refractivity contribution in [2.45, 2.75) is 26.5 Å². The van der Waals surface area contributed by atoms with Crippen LogP contribution in [0.3, 0.4) is 0 Å². The second-order valence-corrected chi connectivity index (χ2v) is 6.83. The quantitative estimate of drug-likeness (QED) is 0.649. The van der Waals surface area contributed by atoms with Crippen molar-refractivity contribution >= 4 is 12.0 Å². The summed E-state index contributed by atoms with van der Waals surface area (Å²) in [6.45, 7) is 5.04. The summed E-state index contributed by atoms with van der Waals surface area (Å²) in [5.41, 5.74) is 0.641. The SMILES string of the molecule is COc1cc(/C=C/C(=O)NCC(C(C)C)N2CCOCC2)ccc1OC(F)F. The Kier molecular flexibility index (Phi) is 8.66. The van der Waals surface area contributed by atoms with Crippen molar-refractivity contribution in [1.82, 2.24) is 10.2 Å². The Labute approximate surface area is 164 Å². The summed E-state index contributed by atoms with van der Waals surface area (Å²) in [5.74, 6) is 0.305. The fourth-order valence-electron chi connectivity index (χ4n) is 3.11. The second kappa shape index (κ2) is 11.0. The Morgan fingerprint density at radius 2 is 2.00 bits per heavy atom. The number of rotatable bonds is 9. The molecular weight excluding hydrogens is 370 g/mol. The molecule has 1 N–H and O–H groups in total. The molecule has 28 heavy (non-hydrogen) atoms. The molecule has 1 aliphatic heterocycles. The normalized spacial score (nSPS) is 16.5. The fraction of sp³-hybridized carbons (Fsp3) is 0.550. The summed E-state index contributed by atoms with van der Waals surface area (Å²) in [4.78, 5) is 14.5. The number of morpholine rings is 1. The van der Waals surface area contributed by atoms with E-state index in [-0.39, 0.29) is 23.4 Å². The fourth-order valence-corrected chi connectivity index (χ4v) is 3.11. The number of carbonyl (C=O) groups excluding carboxylic acids is 1. The number of nitrogens with zero attached hydrogens (tertiary/aromatic N) is 1. The highest BCUT2D eigenvalue weighted by Gasteiger charge is 2.23. The minimum absolute atomic E-state index is 0.0515. The van der Waals surface area contributed by atoms with Gasteiger partial charge in [0.2, 0.25) is 5.91 Å². The van der Waals surface area contributed by atoms with Gasteiger partial charge in [0, 0.05) is 31.8 Å². The molecule has 1 unspecified atom stereocenters. The van der Waals surface area contributed by atoms with Crippen molar-refractivity contribution < 1.29 is 27.8 Å². The molecule has 0 radical (unpaired) electrons. The molecule has 1 aromatic rings. The molecule has 0 aromatic heterocycles. The molecule has 1 aliphatic rings. The zero-order chi connectivity index (χ0) is 20.5. The third-order valence-corrected chi connectivity index (χ3v) is 4.60. The number of nitrogens with one attached hydrogen (secondary N) is 1. The lowest BCUT2D eigenvalue weighted by molar-refractivity contribution is -0.116. The number of hydrogen-bond donors (Lipinski definition) is 1. The van der Waals surface area contributed by atoms with Crippen molar-refractivity contribution in [1.29, 1.82) is 0 Å². The summed E-state index contributed by atoms with van der Waals surface area (Å²) in [6, 6.07) is 4.74. The Balaban J connectivity index is 1.93. The predicted molar refractivity (Wildman–Crippen MR) is 103 cm³/mol. The van der Waals surface area contributed by atoms with E-state index >= 15 is 0 Å². The monoisotopic (exact) mass is 398 g/mol. The number of amides is 1. The summed E-state index contributed by atoms with van der Waals surface area (Å²) in [6.07, 6.45) is 3.02. The van der Waals surface area contributed by atoms with Gasteiger partial charge in [0.25, 0.3) is 0 Å². The third kappa shape index (κ3) is 6.76. The van der Waals surface area contributed by atoms with Gasteiger partial charge in [-0.05, 0) is 29.7 Å². The topological polar surface area (TPSA) is 60.0 Å². The number of halogens is 2. The van der Waals surface area contributed by atoms with Gasteiger partial charge in [0.15, 0.2) is 11.5 Å². The van der Waals surface area contributed by atoms with Gasteiger partial charge in [-0.15, -0.1) is 0 Å². The van der Waals surface area contributed by atoms with E-state index in [4.69, 9.17) is 9.47 Å². The maximum Gasteiger partial charge on any atom is 0.387 e. The molecule has 8 heteroatoms. The Bertz CT molecular complexity index is 662. The minimum atomic E-state index is -2.93. The molecule has 2 rings (SSSR count). The van der Waals surface area contributed by atoms with Crippen molar-refractivity contribution in [2.24, 2.45) is 5.92 Å². The van der Waals surface area contributed by atoms with Gasteiger partial charge in [-0.25, -0.2) is 0 Å². The number of methoxy groups -OCH3 is 1. The molecule has 6 nitrogen and oxygen atoms in total. The smallest absolute Gasteiger partial charge is 0.387 e. The average Bonchev–Trinajstić information content (AvgIpc) is 2.67.